The van der Waals surface area contributed by atoms with Crippen LogP contribution in [0.25, 0.3) is 11.6 Å². The third-order valence-electron chi connectivity index (χ3n) is 11.0. The van der Waals surface area contributed by atoms with Gasteiger partial charge in [-0.25, -0.2) is 4.79 Å². The number of likely N-dealkylation sites (tertiary alicyclic amines) is 1. The van der Waals surface area contributed by atoms with E-state index in [0.29, 0.717) is 33.7 Å². The number of aromatic nitrogens is 1. The van der Waals surface area contributed by atoms with Crippen molar-refractivity contribution in [3.8, 4) is 5.75 Å². The van der Waals surface area contributed by atoms with Gasteiger partial charge in [0.1, 0.15) is 5.75 Å². The number of benzene rings is 3. The van der Waals surface area contributed by atoms with E-state index in [1.54, 1.807) is 30.5 Å². The lowest BCUT2D eigenvalue weighted by Crippen LogP contribution is -2.66. The molecule has 0 saturated carbocycles. The van der Waals surface area contributed by atoms with Crippen molar-refractivity contribution in [2.75, 3.05) is 20.3 Å². The number of rotatable bonds is 12. The number of halogens is 1. The molecule has 292 valence electrons. The molecular formula is C44H47BrN2O8Si. The van der Waals surface area contributed by atoms with E-state index in [4.69, 9.17) is 9.16 Å². The number of aliphatic hydroxyl groups excluding tert-OH is 2. The van der Waals surface area contributed by atoms with Gasteiger partial charge in [-0.1, -0.05) is 103 Å². The Bertz CT molecular complexity index is 2080. The first kappa shape index (κ1) is 40.9. The first-order chi connectivity index (χ1) is 26.8. The van der Waals surface area contributed by atoms with Crippen molar-refractivity contribution in [1.82, 2.24) is 9.88 Å². The molecule has 1 fully saturated rings. The summed E-state index contributed by atoms with van der Waals surface area (Å²) in [4.78, 5) is 45.5. The average Bonchev–Trinajstić information content (AvgIpc) is 3.45. The van der Waals surface area contributed by atoms with E-state index in [0.717, 1.165) is 27.5 Å². The van der Waals surface area contributed by atoms with Crippen LogP contribution in [0.15, 0.2) is 119 Å². The summed E-state index contributed by atoms with van der Waals surface area (Å²) in [7, 11) is -2.02. The van der Waals surface area contributed by atoms with Crippen LogP contribution in [-0.4, -0.2) is 77.9 Å². The van der Waals surface area contributed by atoms with Crippen LogP contribution in [0.5, 0.6) is 5.75 Å². The van der Waals surface area contributed by atoms with Crippen LogP contribution in [0, 0.1) is 17.8 Å². The van der Waals surface area contributed by atoms with Crippen LogP contribution in [0.2, 0.25) is 5.04 Å². The first-order valence-electron chi connectivity index (χ1n) is 18.6. The van der Waals surface area contributed by atoms with Gasteiger partial charge in [0.2, 0.25) is 11.8 Å². The second kappa shape index (κ2) is 17.2. The van der Waals surface area contributed by atoms with Crippen LogP contribution < -0.4 is 10.4 Å². The SMILES string of the molecule is COC(=O)N1C(=O)[C@@H]2[C@@H](CC(CO[Si](c3ccccc3)(c3ccccc3)C(C)(C)C)=C([C@H](O)CC/C(=C/c3cc(Br)ccc3O)c3ccccn3)[C@@H]2CO)C1=O. The molecule has 3 amide bonds. The number of pyridine rings is 1. The van der Waals surface area contributed by atoms with E-state index in [9.17, 15) is 29.7 Å². The number of nitrogens with zero attached hydrogens (tertiary/aromatic N) is 2. The smallest absolute Gasteiger partial charge is 0.423 e. The largest absolute Gasteiger partial charge is 0.507 e. The Morgan fingerprint density at radius 1 is 0.982 bits per heavy atom. The number of phenols is 1. The Balaban J connectivity index is 1.45. The molecule has 0 unspecified atom stereocenters. The zero-order valence-electron chi connectivity index (χ0n) is 31.9. The number of hydrogen-bond donors (Lipinski definition) is 3. The molecule has 3 aromatic carbocycles. The predicted molar refractivity (Wildman–Crippen MR) is 220 cm³/mol. The van der Waals surface area contributed by atoms with Crippen LogP contribution >= 0.6 is 15.9 Å². The summed E-state index contributed by atoms with van der Waals surface area (Å²) in [6.07, 6.45) is 1.70. The minimum absolute atomic E-state index is 0.00788. The Labute approximate surface area is 336 Å². The summed E-state index contributed by atoms with van der Waals surface area (Å²) >= 11 is 3.48. The fourth-order valence-electron chi connectivity index (χ4n) is 8.42. The second-order valence-electron chi connectivity index (χ2n) is 15.3. The van der Waals surface area contributed by atoms with Crippen LogP contribution in [0.3, 0.4) is 0 Å². The number of hydrogen-bond acceptors (Lipinski definition) is 9. The average molecular weight is 840 g/mol. The summed E-state index contributed by atoms with van der Waals surface area (Å²) in [6, 6.07) is 30.8. The number of methoxy groups -OCH3 is 1. The van der Waals surface area contributed by atoms with E-state index in [-0.39, 0.29) is 30.2 Å². The Morgan fingerprint density at radius 2 is 1.62 bits per heavy atom. The molecule has 0 spiro atoms. The first-order valence-corrected chi connectivity index (χ1v) is 21.3. The number of carbonyl (C=O) groups excluding carboxylic acids is 3. The van der Waals surface area contributed by atoms with Gasteiger partial charge in [0, 0.05) is 22.2 Å². The minimum atomic E-state index is -3.12. The fraction of sp³-hybridized carbons (Fsp3) is 0.318. The highest BCUT2D eigenvalue weighted by molar-refractivity contribution is 9.10. The van der Waals surface area contributed by atoms with Gasteiger partial charge in [-0.05, 0) is 87.8 Å². The summed E-state index contributed by atoms with van der Waals surface area (Å²) in [6.45, 7) is 5.91. The molecule has 56 heavy (non-hydrogen) atoms. The van der Waals surface area contributed by atoms with E-state index >= 15 is 0 Å². The number of fused-ring (bicyclic) bond motifs is 1. The maximum atomic E-state index is 13.8. The quantitative estimate of drug-likeness (QED) is 0.0829. The molecule has 0 radical (unpaired) electrons. The zero-order chi connectivity index (χ0) is 40.2. The van der Waals surface area contributed by atoms with E-state index < -0.39 is 56.7 Å². The summed E-state index contributed by atoms with van der Waals surface area (Å²) in [5.74, 6) is -4.42. The lowest BCUT2D eigenvalue weighted by molar-refractivity contribution is -0.137. The van der Waals surface area contributed by atoms with E-state index in [1.807, 2.05) is 54.6 Å². The molecule has 4 aromatic rings. The lowest BCUT2D eigenvalue weighted by Gasteiger charge is -2.44. The monoisotopic (exact) mass is 838 g/mol. The molecule has 1 aromatic heterocycles. The van der Waals surface area contributed by atoms with Crippen molar-refractivity contribution in [2.45, 2.75) is 51.2 Å². The summed E-state index contributed by atoms with van der Waals surface area (Å²) < 4.78 is 12.9. The third kappa shape index (κ3) is 7.94. The standard InChI is InChI=1S/C44H47BrN2O8Si/c1-44(2,3)56(32-13-7-5-8-14-32,33-15-9-6-10-16-33)55-27-30-25-34-40(42(52)47(41(34)51)43(53)54-4)35(26-48)39(30)38(50)20-18-28(36-17-11-12-22-46-36)23-29-24-31(45)19-21-37(29)49/h5-17,19,21-24,34-35,38,40,48-50H,18,20,25-27H2,1-4H3/b28-23-/t34-,35+,38-,40-/m1/s1. The number of carbonyl (C=O) groups is 3. The van der Waals surface area contributed by atoms with Gasteiger partial charge in [0.15, 0.2) is 0 Å². The van der Waals surface area contributed by atoms with Gasteiger partial charge in [-0.15, -0.1) is 0 Å². The highest BCUT2D eigenvalue weighted by Crippen LogP contribution is 2.47. The molecule has 2 heterocycles. The number of phenolic OH excluding ortho intramolecular Hbond substituents is 1. The van der Waals surface area contributed by atoms with Crippen LogP contribution in [-0.2, 0) is 18.8 Å². The number of imide groups is 3. The molecule has 6 rings (SSSR count). The molecule has 3 N–H and O–H groups in total. The van der Waals surface area contributed by atoms with E-state index in [2.05, 4.69) is 66.0 Å². The maximum Gasteiger partial charge on any atom is 0.423 e. The maximum absolute atomic E-state index is 13.8. The van der Waals surface area contributed by atoms with E-state index in [1.165, 1.54) is 0 Å². The summed E-state index contributed by atoms with van der Waals surface area (Å²) in [5, 5.41) is 35.7. The number of aromatic hydroxyl groups is 1. The zero-order valence-corrected chi connectivity index (χ0v) is 34.5. The van der Waals surface area contributed by atoms with Crippen LogP contribution in [0.4, 0.5) is 4.79 Å². The Hall–Kier alpha value is -4.72. The predicted octanol–water partition coefficient (Wildman–Crippen LogP) is 6.48. The molecule has 0 bridgehead atoms. The fourth-order valence-corrected chi connectivity index (χ4v) is 13.3. The normalized spacial score (nSPS) is 19.6. The number of allylic oxidation sites excluding steroid dienone is 1. The van der Waals surface area contributed by atoms with Crippen molar-refractivity contribution < 1.29 is 38.9 Å². The lowest BCUT2D eigenvalue weighted by atomic mass is 9.68. The molecular weight excluding hydrogens is 792 g/mol. The molecule has 12 heteroatoms. The molecule has 1 saturated heterocycles. The van der Waals surface area contributed by atoms with Gasteiger partial charge in [-0.3, -0.25) is 14.6 Å². The highest BCUT2D eigenvalue weighted by Gasteiger charge is 2.58. The number of amides is 3. The van der Waals surface area contributed by atoms with Gasteiger partial charge in [-0.2, -0.15) is 4.90 Å². The Kier molecular flexibility index (Phi) is 12.6. The number of ether oxygens (including phenoxy) is 1. The highest BCUT2D eigenvalue weighted by atomic mass is 79.9. The third-order valence-corrected chi connectivity index (χ3v) is 16.5. The van der Waals surface area contributed by atoms with Gasteiger partial charge < -0.3 is 24.5 Å². The molecule has 2 aliphatic rings. The van der Waals surface area contributed by atoms with Crippen molar-refractivity contribution in [1.29, 1.82) is 0 Å². The number of aliphatic hydroxyl groups is 2. The van der Waals surface area contributed by atoms with Crippen molar-refractivity contribution >= 4 is 64.2 Å². The van der Waals surface area contributed by atoms with Gasteiger partial charge in [0.25, 0.3) is 8.32 Å². The topological polar surface area (TPSA) is 146 Å². The van der Waals surface area contributed by atoms with Crippen molar-refractivity contribution in [3.63, 3.8) is 0 Å². The molecule has 10 nitrogen and oxygen atoms in total. The van der Waals surface area contributed by atoms with Gasteiger partial charge in [0.05, 0.1) is 44.0 Å². The van der Waals surface area contributed by atoms with Crippen molar-refractivity contribution in [2.24, 2.45) is 17.8 Å². The molecule has 1 aliphatic carbocycles. The molecule has 1 aliphatic heterocycles. The van der Waals surface area contributed by atoms with Crippen molar-refractivity contribution in [3.05, 3.63) is 130 Å². The van der Waals surface area contributed by atoms with Gasteiger partial charge >= 0.3 is 6.09 Å². The Morgan fingerprint density at radius 3 is 2.20 bits per heavy atom. The minimum Gasteiger partial charge on any atom is -0.507 e. The summed E-state index contributed by atoms with van der Waals surface area (Å²) in [5.41, 5.74) is 2.97. The molecule has 4 atom stereocenters. The van der Waals surface area contributed by atoms with Crippen LogP contribution in [0.1, 0.15) is 51.3 Å². The second-order valence-corrected chi connectivity index (χ2v) is 20.5.